The number of halogens is 7. The predicted molar refractivity (Wildman–Crippen MR) is 250 cm³/mol. The van der Waals surface area contributed by atoms with Gasteiger partial charge in [0.15, 0.2) is 34.9 Å². The first-order chi connectivity index (χ1) is 33.0. The minimum atomic E-state index is -1.56. The summed E-state index contributed by atoms with van der Waals surface area (Å²) >= 11 is 2.17. The highest BCUT2D eigenvalue weighted by Gasteiger charge is 2.36. The number of fused-ring (bicyclic) bond motifs is 2. The Labute approximate surface area is 410 Å². The first kappa shape index (κ1) is 53.0. The van der Waals surface area contributed by atoms with Crippen molar-refractivity contribution in [3.05, 3.63) is 97.6 Å². The van der Waals surface area contributed by atoms with Gasteiger partial charge in [-0.1, -0.05) is 26.2 Å². The summed E-state index contributed by atoms with van der Waals surface area (Å²) in [6.07, 6.45) is 14.2. The molecule has 1 saturated heterocycles. The average molecular weight is 1070 g/mol. The second kappa shape index (κ2) is 24.4. The highest BCUT2D eigenvalue weighted by Crippen LogP contribution is 2.34. The number of nitriles is 2. The zero-order valence-electron chi connectivity index (χ0n) is 38.6. The summed E-state index contributed by atoms with van der Waals surface area (Å²) < 4.78 is 83.9. The second-order valence-corrected chi connectivity index (χ2v) is 19.4. The van der Waals surface area contributed by atoms with Gasteiger partial charge in [0.05, 0.1) is 57.0 Å². The van der Waals surface area contributed by atoms with E-state index >= 15 is 0 Å². The molecule has 2 aromatic carbocycles. The van der Waals surface area contributed by atoms with Gasteiger partial charge in [-0.15, -0.1) is 0 Å². The summed E-state index contributed by atoms with van der Waals surface area (Å²) in [6.45, 7) is 3.73. The minimum Gasteiger partial charge on any atom is -0.317 e. The van der Waals surface area contributed by atoms with Gasteiger partial charge in [-0.2, -0.15) is 20.7 Å². The Balaban J connectivity index is 0.000000170. The lowest BCUT2D eigenvalue weighted by Crippen LogP contribution is -2.35. The van der Waals surface area contributed by atoms with Crippen LogP contribution in [0.15, 0.2) is 36.7 Å². The summed E-state index contributed by atoms with van der Waals surface area (Å²) in [6, 6.07) is 8.42. The topological polar surface area (TPSA) is 167 Å². The van der Waals surface area contributed by atoms with Crippen molar-refractivity contribution in [2.75, 3.05) is 18.5 Å². The van der Waals surface area contributed by atoms with Crippen LogP contribution in [0.3, 0.4) is 0 Å². The summed E-state index contributed by atoms with van der Waals surface area (Å²) in [5.41, 5.74) is 2.59. The number of Topliss-reactive ketones (excluding diaryl/α,β-unsaturated/α-hetero) is 3. The van der Waals surface area contributed by atoms with E-state index in [1.165, 1.54) is 37.0 Å². The van der Waals surface area contributed by atoms with E-state index in [-0.39, 0.29) is 71.4 Å². The SMILES string of the molecule is CCC1CCCCC1NC.N#CC1CC(=O)N(c2cnn3c2CC(C(=O)Cc2cc(F)c(F)c(F)c2)CC3)C1.N#CC1CCC(=O)C1.O=C(Cc1cc(F)c(F)c(F)c1)C1CCn2ncc(I)c2C1. The van der Waals surface area contributed by atoms with Crippen LogP contribution in [0.4, 0.5) is 32.0 Å². The highest BCUT2D eigenvalue weighted by molar-refractivity contribution is 14.1. The van der Waals surface area contributed by atoms with Crippen molar-refractivity contribution in [1.82, 2.24) is 24.9 Å². The number of rotatable bonds is 9. The molecule has 2 aliphatic carbocycles. The fourth-order valence-corrected chi connectivity index (χ4v) is 10.4. The van der Waals surface area contributed by atoms with Crippen LogP contribution in [0.5, 0.6) is 0 Å². The van der Waals surface area contributed by atoms with Crippen LogP contribution < -0.4 is 10.2 Å². The van der Waals surface area contributed by atoms with E-state index in [0.717, 1.165) is 57.6 Å². The molecule has 9 rings (SSSR count). The molecule has 5 heterocycles. The fourth-order valence-electron chi connectivity index (χ4n) is 9.73. The third-order valence-electron chi connectivity index (χ3n) is 13.7. The molecule has 0 radical (unpaired) electrons. The molecular weight excluding hydrogens is 1020 g/mol. The number of ketones is 3. The third kappa shape index (κ3) is 13.5. The molecule has 368 valence electrons. The largest absolute Gasteiger partial charge is 0.317 e. The molecule has 69 heavy (non-hydrogen) atoms. The van der Waals surface area contributed by atoms with Gasteiger partial charge in [0.1, 0.15) is 17.3 Å². The Hall–Kier alpha value is -5.41. The van der Waals surface area contributed by atoms with Crippen LogP contribution in [0.2, 0.25) is 0 Å². The number of carbonyl (C=O) groups is 4. The third-order valence-corrected chi connectivity index (χ3v) is 14.6. The van der Waals surface area contributed by atoms with Gasteiger partial charge in [0, 0.05) is 82.5 Å². The van der Waals surface area contributed by atoms with Crippen LogP contribution >= 0.6 is 22.6 Å². The van der Waals surface area contributed by atoms with Crippen LogP contribution in [0, 0.1) is 90.7 Å². The van der Waals surface area contributed by atoms with Gasteiger partial charge < -0.3 is 10.2 Å². The summed E-state index contributed by atoms with van der Waals surface area (Å²) in [5.74, 6) is -8.44. The summed E-state index contributed by atoms with van der Waals surface area (Å²) in [4.78, 5) is 49.3. The van der Waals surface area contributed by atoms with Crippen molar-refractivity contribution >= 4 is 51.5 Å². The highest BCUT2D eigenvalue weighted by atomic mass is 127. The monoisotopic (exact) mass is 1070 g/mol. The molecule has 3 aliphatic heterocycles. The van der Waals surface area contributed by atoms with Gasteiger partial charge >= 0.3 is 0 Å². The van der Waals surface area contributed by atoms with Gasteiger partial charge in [-0.3, -0.25) is 28.5 Å². The van der Waals surface area contributed by atoms with Crippen LogP contribution in [-0.4, -0.2) is 62.5 Å². The number of benzene rings is 2. The Kier molecular flexibility index (Phi) is 18.7. The van der Waals surface area contributed by atoms with E-state index in [2.05, 4.69) is 64.2 Å². The average Bonchev–Trinajstić information content (AvgIpc) is 4.15. The lowest BCUT2D eigenvalue weighted by atomic mass is 9.83. The van der Waals surface area contributed by atoms with Gasteiger partial charge in [-0.05, 0) is 103 Å². The zero-order valence-corrected chi connectivity index (χ0v) is 40.7. The van der Waals surface area contributed by atoms with E-state index < -0.39 is 40.8 Å². The number of nitrogens with one attached hydrogen (secondary N) is 1. The van der Waals surface area contributed by atoms with Crippen LogP contribution in [0.25, 0.3) is 0 Å². The van der Waals surface area contributed by atoms with E-state index in [9.17, 15) is 45.5 Å². The molecule has 5 aliphatic rings. The Morgan fingerprint density at radius 1 is 0.725 bits per heavy atom. The second-order valence-electron chi connectivity index (χ2n) is 18.3. The molecule has 3 fully saturated rings. The van der Waals surface area contributed by atoms with Crippen molar-refractivity contribution in [1.29, 1.82) is 10.5 Å². The Morgan fingerprint density at radius 3 is 1.71 bits per heavy atom. The molecule has 6 unspecified atom stereocenters. The molecule has 0 spiro atoms. The molecular formula is C50H55F6IN8O4. The number of carbonyl (C=O) groups excluding carboxylic acids is 4. The zero-order chi connectivity index (χ0) is 49.9. The molecule has 0 bridgehead atoms. The maximum absolute atomic E-state index is 13.4. The number of aromatic nitrogens is 4. The smallest absolute Gasteiger partial charge is 0.228 e. The normalized spacial score (nSPS) is 22.6. The van der Waals surface area contributed by atoms with E-state index in [1.807, 2.05) is 4.68 Å². The standard InChI is InChI=1S/C20H17F3N4O2.C15H12F3IN2O.C9H19N.C6H7NO/c21-14-3-11(4-15(22)20(14)23)5-18(28)13-1-2-27-16(7-13)17(9-25-27)26-10-12(8-24)6-19(26)29;16-10-3-8(4-11(17)15(10)18)5-14(22)9-1-2-21-13(6-9)12(19)7-20-21;1-3-8-6-4-5-7-9(8)10-2;7-4-5-1-2-6(8)3-5/h3-4,9,12-13H,1-2,5-7,10H2;3-4,7,9H,1-2,5-6H2;8-10H,3-7H2,1-2H3;5H,1-3H2. The first-order valence-electron chi connectivity index (χ1n) is 23.4. The Bertz CT molecular complexity index is 2550. The number of aryl methyl sites for hydroxylation is 2. The molecule has 1 N–H and O–H groups in total. The molecule has 6 atom stereocenters. The molecule has 19 heteroatoms. The van der Waals surface area contributed by atoms with Gasteiger partial charge in [-0.25, -0.2) is 26.3 Å². The van der Waals surface area contributed by atoms with Crippen molar-refractivity contribution < 1.29 is 45.5 Å². The van der Waals surface area contributed by atoms with Gasteiger partial charge in [0.25, 0.3) is 0 Å². The lowest BCUT2D eigenvalue weighted by molar-refractivity contribution is -0.123. The Morgan fingerprint density at radius 2 is 1.25 bits per heavy atom. The van der Waals surface area contributed by atoms with Crippen LogP contribution in [-0.2, 0) is 58.0 Å². The molecule has 1 amide bonds. The number of anilines is 1. The van der Waals surface area contributed by atoms with Crippen molar-refractivity contribution in [3.8, 4) is 12.1 Å². The molecule has 2 saturated carbocycles. The van der Waals surface area contributed by atoms with Crippen molar-refractivity contribution in [3.63, 3.8) is 0 Å². The fraction of sp³-hybridized carbons (Fsp3) is 0.520. The predicted octanol–water partition coefficient (Wildman–Crippen LogP) is 8.88. The number of nitrogens with zero attached hydrogens (tertiary/aromatic N) is 7. The van der Waals surface area contributed by atoms with E-state index in [4.69, 9.17) is 10.5 Å². The molecule has 12 nitrogen and oxygen atoms in total. The number of hydrogen-bond acceptors (Lipinski definition) is 9. The van der Waals surface area contributed by atoms with Crippen molar-refractivity contribution in [2.45, 2.75) is 122 Å². The maximum atomic E-state index is 13.4. The number of amides is 1. The van der Waals surface area contributed by atoms with Crippen molar-refractivity contribution in [2.24, 2.45) is 29.6 Å². The lowest BCUT2D eigenvalue weighted by Gasteiger charge is -2.30. The summed E-state index contributed by atoms with van der Waals surface area (Å²) in [7, 11) is 2.10. The quantitative estimate of drug-likeness (QED) is 0.0979. The van der Waals surface area contributed by atoms with E-state index in [1.54, 1.807) is 17.1 Å². The van der Waals surface area contributed by atoms with E-state index in [0.29, 0.717) is 63.8 Å². The number of hydrogen-bond donors (Lipinski definition) is 1. The minimum absolute atomic E-state index is 0.0301. The first-order valence-corrected chi connectivity index (χ1v) is 24.5. The summed E-state index contributed by atoms with van der Waals surface area (Å²) in [5, 5.41) is 29.3. The molecule has 4 aromatic rings. The van der Waals surface area contributed by atoms with Crippen LogP contribution in [0.1, 0.15) is 100 Å². The maximum Gasteiger partial charge on any atom is 0.228 e. The van der Waals surface area contributed by atoms with Gasteiger partial charge in [0.2, 0.25) is 5.91 Å². The molecule has 2 aromatic heterocycles.